The van der Waals surface area contributed by atoms with Crippen LogP contribution in [0.4, 0.5) is 4.39 Å². The molecule has 0 radical (unpaired) electrons. The summed E-state index contributed by atoms with van der Waals surface area (Å²) in [5.74, 6) is -0.294. The first-order valence-corrected chi connectivity index (χ1v) is 4.38. The molecule has 1 heterocycles. The third kappa shape index (κ3) is 1.88. The predicted molar refractivity (Wildman–Crippen MR) is 52.4 cm³/mol. The molecule has 0 saturated heterocycles. The highest BCUT2D eigenvalue weighted by atomic mass is 35.5. The molecule has 0 fully saturated rings. The molecule has 0 N–H and O–H groups in total. The molecule has 0 aliphatic rings. The summed E-state index contributed by atoms with van der Waals surface area (Å²) in [4.78, 5) is 7.72. The number of halogens is 2. The average molecular weight is 209 g/mol. The molecule has 0 atom stereocenters. The van der Waals surface area contributed by atoms with Gasteiger partial charge in [0, 0.05) is 11.8 Å². The predicted octanol–water partition coefficient (Wildman–Crippen LogP) is 2.94. The van der Waals surface area contributed by atoms with E-state index in [1.54, 1.807) is 18.2 Å². The third-order valence-corrected chi connectivity index (χ3v) is 1.93. The minimum atomic E-state index is -0.294. The Morgan fingerprint density at radius 3 is 2.79 bits per heavy atom. The largest absolute Gasteiger partial charge is 0.226 e. The number of hydrogen-bond donors (Lipinski definition) is 0. The quantitative estimate of drug-likeness (QED) is 0.674. The highest BCUT2D eigenvalue weighted by Gasteiger charge is 2.01. The van der Waals surface area contributed by atoms with Crippen LogP contribution in [0.2, 0.25) is 5.28 Å². The monoisotopic (exact) mass is 208 g/mol. The van der Waals surface area contributed by atoms with Gasteiger partial charge in [0.2, 0.25) is 5.28 Å². The maximum Gasteiger partial charge on any atom is 0.222 e. The fourth-order valence-electron chi connectivity index (χ4n) is 1.14. The van der Waals surface area contributed by atoms with Gasteiger partial charge in [0.15, 0.2) is 0 Å². The summed E-state index contributed by atoms with van der Waals surface area (Å²) in [7, 11) is 0. The van der Waals surface area contributed by atoms with Gasteiger partial charge in [-0.2, -0.15) is 0 Å². The number of rotatable bonds is 1. The molecule has 1 aromatic carbocycles. The Hall–Kier alpha value is -1.48. The van der Waals surface area contributed by atoms with Crippen molar-refractivity contribution in [2.45, 2.75) is 0 Å². The summed E-state index contributed by atoms with van der Waals surface area (Å²) in [5.41, 5.74) is 1.30. The summed E-state index contributed by atoms with van der Waals surface area (Å²) in [6, 6.07) is 7.86. The first kappa shape index (κ1) is 9.09. The van der Waals surface area contributed by atoms with Crippen molar-refractivity contribution >= 4 is 11.6 Å². The van der Waals surface area contributed by atoms with Crippen LogP contribution in [0.5, 0.6) is 0 Å². The van der Waals surface area contributed by atoms with Crippen LogP contribution in [0.3, 0.4) is 0 Å². The van der Waals surface area contributed by atoms with Crippen molar-refractivity contribution in [3.8, 4) is 11.3 Å². The maximum absolute atomic E-state index is 12.9. The Kier molecular flexibility index (Phi) is 2.41. The van der Waals surface area contributed by atoms with Gasteiger partial charge in [-0.3, -0.25) is 0 Å². The van der Waals surface area contributed by atoms with Gasteiger partial charge in [-0.1, -0.05) is 12.1 Å². The zero-order chi connectivity index (χ0) is 9.97. The first-order chi connectivity index (χ1) is 6.75. The lowest BCUT2D eigenvalue weighted by Gasteiger charge is -1.99. The van der Waals surface area contributed by atoms with E-state index in [4.69, 9.17) is 11.6 Å². The smallest absolute Gasteiger partial charge is 0.222 e. The van der Waals surface area contributed by atoms with Crippen molar-refractivity contribution in [3.63, 3.8) is 0 Å². The molecule has 2 aromatic rings. The summed E-state index contributed by atoms with van der Waals surface area (Å²) >= 11 is 5.62. The average Bonchev–Trinajstić information content (AvgIpc) is 2.18. The molecule has 0 aliphatic heterocycles. The standard InChI is InChI=1S/C10H6ClFN2/c11-10-13-5-4-9(14-10)7-2-1-3-8(12)6-7/h1-6H. The summed E-state index contributed by atoms with van der Waals surface area (Å²) < 4.78 is 12.9. The fraction of sp³-hybridized carbons (Fsp3) is 0. The van der Waals surface area contributed by atoms with Gasteiger partial charge >= 0.3 is 0 Å². The van der Waals surface area contributed by atoms with Crippen molar-refractivity contribution in [1.29, 1.82) is 0 Å². The summed E-state index contributed by atoms with van der Waals surface area (Å²) in [5, 5.41) is 0.159. The number of nitrogens with zero attached hydrogens (tertiary/aromatic N) is 2. The van der Waals surface area contributed by atoms with E-state index in [2.05, 4.69) is 9.97 Å². The van der Waals surface area contributed by atoms with E-state index in [0.29, 0.717) is 11.3 Å². The first-order valence-electron chi connectivity index (χ1n) is 4.00. The molecule has 0 amide bonds. The van der Waals surface area contributed by atoms with Gasteiger partial charge < -0.3 is 0 Å². The van der Waals surface area contributed by atoms with Crippen LogP contribution in [-0.2, 0) is 0 Å². The lowest BCUT2D eigenvalue weighted by Crippen LogP contribution is -1.86. The minimum absolute atomic E-state index is 0.159. The van der Waals surface area contributed by atoms with Crippen LogP contribution in [0.15, 0.2) is 36.5 Å². The Morgan fingerprint density at radius 1 is 1.21 bits per heavy atom. The molecule has 2 nitrogen and oxygen atoms in total. The third-order valence-electron chi connectivity index (χ3n) is 1.75. The SMILES string of the molecule is Fc1cccc(-c2ccnc(Cl)n2)c1. The van der Waals surface area contributed by atoms with E-state index in [-0.39, 0.29) is 11.1 Å². The molecule has 0 unspecified atom stereocenters. The number of benzene rings is 1. The molecule has 0 bridgehead atoms. The van der Waals surface area contributed by atoms with Gasteiger partial charge in [-0.25, -0.2) is 14.4 Å². The summed E-state index contributed by atoms with van der Waals surface area (Å²) in [6.07, 6.45) is 1.54. The number of aromatic nitrogens is 2. The zero-order valence-corrected chi connectivity index (χ0v) is 7.87. The minimum Gasteiger partial charge on any atom is -0.226 e. The maximum atomic E-state index is 12.9. The van der Waals surface area contributed by atoms with Crippen LogP contribution < -0.4 is 0 Å². The Balaban J connectivity index is 2.49. The van der Waals surface area contributed by atoms with E-state index in [1.165, 1.54) is 18.3 Å². The Labute approximate surface area is 85.4 Å². The molecule has 0 spiro atoms. The molecule has 1 aromatic heterocycles. The van der Waals surface area contributed by atoms with Crippen LogP contribution >= 0.6 is 11.6 Å². The van der Waals surface area contributed by atoms with Crippen LogP contribution in [0, 0.1) is 5.82 Å². The molecular weight excluding hydrogens is 203 g/mol. The number of hydrogen-bond acceptors (Lipinski definition) is 2. The van der Waals surface area contributed by atoms with Gasteiger partial charge in [-0.05, 0) is 29.8 Å². The van der Waals surface area contributed by atoms with Crippen LogP contribution in [0.25, 0.3) is 11.3 Å². The lowest BCUT2D eigenvalue weighted by molar-refractivity contribution is 0.628. The lowest BCUT2D eigenvalue weighted by atomic mass is 10.1. The molecule has 14 heavy (non-hydrogen) atoms. The normalized spacial score (nSPS) is 10.1. The van der Waals surface area contributed by atoms with Gasteiger partial charge in [0.25, 0.3) is 0 Å². The summed E-state index contributed by atoms with van der Waals surface area (Å²) in [6.45, 7) is 0. The van der Waals surface area contributed by atoms with Crippen molar-refractivity contribution in [2.24, 2.45) is 0 Å². The van der Waals surface area contributed by atoms with E-state index >= 15 is 0 Å². The van der Waals surface area contributed by atoms with Gasteiger partial charge in [0.1, 0.15) is 5.82 Å². The second kappa shape index (κ2) is 3.72. The topological polar surface area (TPSA) is 25.8 Å². The van der Waals surface area contributed by atoms with Crippen molar-refractivity contribution in [2.75, 3.05) is 0 Å². The van der Waals surface area contributed by atoms with Crippen LogP contribution in [-0.4, -0.2) is 9.97 Å². The fourth-order valence-corrected chi connectivity index (χ4v) is 1.29. The van der Waals surface area contributed by atoms with E-state index in [0.717, 1.165) is 0 Å². The molecule has 0 aliphatic carbocycles. The molecule has 0 saturated carbocycles. The molecule has 2 rings (SSSR count). The van der Waals surface area contributed by atoms with Crippen molar-refractivity contribution < 1.29 is 4.39 Å². The van der Waals surface area contributed by atoms with Crippen molar-refractivity contribution in [1.82, 2.24) is 9.97 Å². The van der Waals surface area contributed by atoms with Crippen molar-refractivity contribution in [3.05, 3.63) is 47.6 Å². The Morgan fingerprint density at radius 2 is 2.07 bits per heavy atom. The molecule has 4 heteroatoms. The second-order valence-corrected chi connectivity index (χ2v) is 3.06. The van der Waals surface area contributed by atoms with Crippen LogP contribution in [0.1, 0.15) is 0 Å². The van der Waals surface area contributed by atoms with E-state index in [9.17, 15) is 4.39 Å². The molecular formula is C10H6ClFN2. The Bertz CT molecular complexity index is 416. The molecule has 70 valence electrons. The highest BCUT2D eigenvalue weighted by Crippen LogP contribution is 2.18. The van der Waals surface area contributed by atoms with E-state index < -0.39 is 0 Å². The van der Waals surface area contributed by atoms with Gasteiger partial charge in [-0.15, -0.1) is 0 Å². The van der Waals surface area contributed by atoms with Gasteiger partial charge in [0.05, 0.1) is 5.69 Å². The second-order valence-electron chi connectivity index (χ2n) is 2.72. The van der Waals surface area contributed by atoms with E-state index in [1.807, 2.05) is 0 Å². The highest BCUT2D eigenvalue weighted by molar-refractivity contribution is 6.28. The zero-order valence-electron chi connectivity index (χ0n) is 7.11.